The van der Waals surface area contributed by atoms with Gasteiger partial charge < -0.3 is 19.7 Å². The van der Waals surface area contributed by atoms with Gasteiger partial charge in [-0.1, -0.05) is 38.7 Å². The maximum Gasteiger partial charge on any atom is 0.255 e. The number of nitrogens with one attached hydrogen (secondary N) is 1. The molecule has 3 rings (SSSR count). The van der Waals surface area contributed by atoms with Gasteiger partial charge in [0.05, 0.1) is 19.8 Å². The molecule has 166 valence electrons. The molecule has 1 aliphatic heterocycles. The maximum atomic E-state index is 12.6. The van der Waals surface area contributed by atoms with E-state index < -0.39 is 0 Å². The van der Waals surface area contributed by atoms with E-state index in [1.807, 2.05) is 12.1 Å². The summed E-state index contributed by atoms with van der Waals surface area (Å²) in [6, 6.07) is 14.2. The van der Waals surface area contributed by atoms with E-state index in [4.69, 9.17) is 9.47 Å². The molecule has 31 heavy (non-hydrogen) atoms. The molecule has 0 spiro atoms. The summed E-state index contributed by atoms with van der Waals surface area (Å²) in [6.07, 6.45) is 5.98. The Morgan fingerprint density at radius 3 is 2.45 bits per heavy atom. The fourth-order valence-corrected chi connectivity index (χ4v) is 3.48. The Morgan fingerprint density at radius 1 is 0.968 bits per heavy atom. The van der Waals surface area contributed by atoms with Crippen LogP contribution in [0.2, 0.25) is 0 Å². The first kappa shape index (κ1) is 22.8. The molecule has 2 aromatic rings. The number of ether oxygens (including phenoxy) is 2. The Kier molecular flexibility index (Phi) is 8.91. The standard InChI is InChI=1S/C25H32N2O4/c1-2-3-4-5-6-16-31-23-12-10-20(11-13-23)24(28)26-22-9-7-8-21(19-22)25(29)27-14-17-30-18-15-27/h7-13,19H,2-6,14-18H2,1H3,(H,26,28). The second kappa shape index (κ2) is 12.1. The van der Waals surface area contributed by atoms with Gasteiger partial charge in [0.15, 0.2) is 0 Å². The molecule has 1 aliphatic rings. The quantitative estimate of drug-likeness (QED) is 0.559. The molecule has 1 heterocycles. The predicted molar refractivity (Wildman–Crippen MR) is 122 cm³/mol. The van der Waals surface area contributed by atoms with Gasteiger partial charge in [-0.25, -0.2) is 0 Å². The molecule has 0 aliphatic carbocycles. The molecule has 1 fully saturated rings. The zero-order chi connectivity index (χ0) is 21.9. The maximum absolute atomic E-state index is 12.6. The summed E-state index contributed by atoms with van der Waals surface area (Å²) >= 11 is 0. The molecule has 6 heteroatoms. The van der Waals surface area contributed by atoms with E-state index in [-0.39, 0.29) is 11.8 Å². The van der Waals surface area contributed by atoms with Crippen molar-refractivity contribution in [2.75, 3.05) is 38.2 Å². The van der Waals surface area contributed by atoms with Crippen molar-refractivity contribution < 1.29 is 19.1 Å². The third kappa shape index (κ3) is 7.10. The molecular formula is C25H32N2O4. The van der Waals surface area contributed by atoms with Gasteiger partial charge in [-0.3, -0.25) is 9.59 Å². The second-order valence-electron chi connectivity index (χ2n) is 7.73. The van der Waals surface area contributed by atoms with Crippen LogP contribution in [0.1, 0.15) is 59.7 Å². The lowest BCUT2D eigenvalue weighted by atomic mass is 10.1. The first-order valence-electron chi connectivity index (χ1n) is 11.2. The van der Waals surface area contributed by atoms with Crippen LogP contribution < -0.4 is 10.1 Å². The van der Waals surface area contributed by atoms with Gasteiger partial charge in [-0.15, -0.1) is 0 Å². The molecule has 2 amide bonds. The number of amides is 2. The predicted octanol–water partition coefficient (Wildman–Crippen LogP) is 4.76. The summed E-state index contributed by atoms with van der Waals surface area (Å²) in [5, 5.41) is 2.87. The monoisotopic (exact) mass is 424 g/mol. The normalized spacial score (nSPS) is 13.6. The summed E-state index contributed by atoms with van der Waals surface area (Å²) in [7, 11) is 0. The van der Waals surface area contributed by atoms with Crippen LogP contribution in [0, 0.1) is 0 Å². The average molecular weight is 425 g/mol. The molecule has 1 saturated heterocycles. The van der Waals surface area contributed by atoms with E-state index >= 15 is 0 Å². The van der Waals surface area contributed by atoms with Crippen molar-refractivity contribution in [3.63, 3.8) is 0 Å². The molecule has 0 radical (unpaired) electrons. The molecule has 0 atom stereocenters. The summed E-state index contributed by atoms with van der Waals surface area (Å²) < 4.78 is 11.1. The van der Waals surface area contributed by atoms with Gasteiger partial charge in [-0.05, 0) is 48.9 Å². The van der Waals surface area contributed by atoms with Crippen LogP contribution in [0.4, 0.5) is 5.69 Å². The lowest BCUT2D eigenvalue weighted by molar-refractivity contribution is 0.0303. The van der Waals surface area contributed by atoms with Crippen LogP contribution in [0.25, 0.3) is 0 Å². The van der Waals surface area contributed by atoms with Crippen molar-refractivity contribution >= 4 is 17.5 Å². The van der Waals surface area contributed by atoms with E-state index in [0.717, 1.165) is 12.2 Å². The van der Waals surface area contributed by atoms with E-state index in [1.54, 1.807) is 41.3 Å². The Balaban J connectivity index is 1.51. The van der Waals surface area contributed by atoms with Crippen LogP contribution in [0.3, 0.4) is 0 Å². The summed E-state index contributed by atoms with van der Waals surface area (Å²) in [6.45, 7) is 5.18. The smallest absolute Gasteiger partial charge is 0.255 e. The molecular weight excluding hydrogens is 392 g/mol. The highest BCUT2D eigenvalue weighted by Crippen LogP contribution is 2.17. The highest BCUT2D eigenvalue weighted by atomic mass is 16.5. The topological polar surface area (TPSA) is 67.9 Å². The van der Waals surface area contributed by atoms with Crippen LogP contribution in [0.15, 0.2) is 48.5 Å². The van der Waals surface area contributed by atoms with Crippen molar-refractivity contribution in [2.24, 2.45) is 0 Å². The molecule has 0 bridgehead atoms. The molecule has 1 N–H and O–H groups in total. The summed E-state index contributed by atoms with van der Waals surface area (Å²) in [5.74, 6) is 0.503. The number of hydrogen-bond acceptors (Lipinski definition) is 4. The third-order valence-electron chi connectivity index (χ3n) is 5.30. The second-order valence-corrected chi connectivity index (χ2v) is 7.73. The van der Waals surface area contributed by atoms with Crippen molar-refractivity contribution in [2.45, 2.75) is 39.0 Å². The highest BCUT2D eigenvalue weighted by Gasteiger charge is 2.19. The van der Waals surface area contributed by atoms with Gasteiger partial charge in [0.2, 0.25) is 0 Å². The van der Waals surface area contributed by atoms with Crippen LogP contribution >= 0.6 is 0 Å². The number of carbonyl (C=O) groups is 2. The minimum Gasteiger partial charge on any atom is -0.494 e. The van der Waals surface area contributed by atoms with E-state index in [2.05, 4.69) is 12.2 Å². The number of carbonyl (C=O) groups excluding carboxylic acids is 2. The van der Waals surface area contributed by atoms with Crippen molar-refractivity contribution in [1.82, 2.24) is 4.90 Å². The summed E-state index contributed by atoms with van der Waals surface area (Å²) in [5.41, 5.74) is 1.69. The number of unbranched alkanes of at least 4 members (excludes halogenated alkanes) is 4. The number of hydrogen-bond donors (Lipinski definition) is 1. The first-order valence-corrected chi connectivity index (χ1v) is 11.2. The SMILES string of the molecule is CCCCCCCOc1ccc(C(=O)Nc2cccc(C(=O)N3CCOCC3)c2)cc1. The number of nitrogens with zero attached hydrogens (tertiary/aromatic N) is 1. The van der Waals surface area contributed by atoms with Gasteiger partial charge in [0, 0.05) is 29.9 Å². The van der Waals surface area contributed by atoms with E-state index in [1.165, 1.54) is 25.7 Å². The molecule has 6 nitrogen and oxygen atoms in total. The van der Waals surface area contributed by atoms with E-state index in [0.29, 0.717) is 49.7 Å². The molecule has 0 saturated carbocycles. The van der Waals surface area contributed by atoms with Gasteiger partial charge in [0.1, 0.15) is 5.75 Å². The highest BCUT2D eigenvalue weighted by molar-refractivity contribution is 6.05. The number of morpholine rings is 1. The number of benzene rings is 2. The summed E-state index contributed by atoms with van der Waals surface area (Å²) in [4.78, 5) is 27.0. The van der Waals surface area contributed by atoms with Crippen molar-refractivity contribution in [3.05, 3.63) is 59.7 Å². The lowest BCUT2D eigenvalue weighted by Crippen LogP contribution is -2.40. The first-order chi connectivity index (χ1) is 15.2. The van der Waals surface area contributed by atoms with Crippen LogP contribution in [-0.4, -0.2) is 49.6 Å². The van der Waals surface area contributed by atoms with Crippen molar-refractivity contribution in [1.29, 1.82) is 0 Å². The Labute approximate surface area is 184 Å². The van der Waals surface area contributed by atoms with Crippen LogP contribution in [0.5, 0.6) is 5.75 Å². The van der Waals surface area contributed by atoms with Gasteiger partial charge in [0.25, 0.3) is 11.8 Å². The number of anilines is 1. The average Bonchev–Trinajstić information content (AvgIpc) is 2.82. The minimum atomic E-state index is -0.220. The largest absolute Gasteiger partial charge is 0.494 e. The zero-order valence-corrected chi connectivity index (χ0v) is 18.3. The Morgan fingerprint density at radius 2 is 1.71 bits per heavy atom. The molecule has 0 unspecified atom stereocenters. The molecule has 0 aromatic heterocycles. The fourth-order valence-electron chi connectivity index (χ4n) is 3.48. The van der Waals surface area contributed by atoms with E-state index in [9.17, 15) is 9.59 Å². The van der Waals surface area contributed by atoms with Gasteiger partial charge in [-0.2, -0.15) is 0 Å². The Bertz CT molecular complexity index is 845. The third-order valence-corrected chi connectivity index (χ3v) is 5.30. The minimum absolute atomic E-state index is 0.0457. The zero-order valence-electron chi connectivity index (χ0n) is 18.3. The van der Waals surface area contributed by atoms with Crippen molar-refractivity contribution in [3.8, 4) is 5.75 Å². The number of rotatable bonds is 10. The lowest BCUT2D eigenvalue weighted by Gasteiger charge is -2.27. The van der Waals surface area contributed by atoms with Crippen LogP contribution in [-0.2, 0) is 4.74 Å². The Hall–Kier alpha value is -2.86. The van der Waals surface area contributed by atoms with Gasteiger partial charge >= 0.3 is 0 Å². The molecule has 2 aromatic carbocycles. The fraction of sp³-hybridized carbons (Fsp3) is 0.440.